The van der Waals surface area contributed by atoms with E-state index in [1.165, 1.54) is 30.4 Å². The largest absolute Gasteiger partial charge is 0.312 e. The summed E-state index contributed by atoms with van der Waals surface area (Å²) in [6, 6.07) is 7.11. The molecule has 21 heavy (non-hydrogen) atoms. The van der Waals surface area contributed by atoms with Crippen molar-refractivity contribution in [2.75, 3.05) is 6.54 Å². The lowest BCUT2D eigenvalue weighted by molar-refractivity contribution is 0.227. The Labute approximate surface area is 131 Å². The highest BCUT2D eigenvalue weighted by atomic mass is 14.9. The fourth-order valence-electron chi connectivity index (χ4n) is 3.53. The van der Waals surface area contributed by atoms with Crippen LogP contribution in [-0.4, -0.2) is 12.1 Å². The second-order valence-corrected chi connectivity index (χ2v) is 8.26. The third-order valence-corrected chi connectivity index (χ3v) is 5.11. The summed E-state index contributed by atoms with van der Waals surface area (Å²) < 4.78 is 0. The molecule has 1 heteroatoms. The van der Waals surface area contributed by atoms with Gasteiger partial charge in [-0.25, -0.2) is 0 Å². The molecule has 118 valence electrons. The third kappa shape index (κ3) is 4.57. The fourth-order valence-corrected chi connectivity index (χ4v) is 3.53. The van der Waals surface area contributed by atoms with Crippen molar-refractivity contribution in [2.24, 2.45) is 11.8 Å². The van der Waals surface area contributed by atoms with Gasteiger partial charge in [0.2, 0.25) is 0 Å². The van der Waals surface area contributed by atoms with E-state index in [4.69, 9.17) is 0 Å². The Morgan fingerprint density at radius 1 is 1.10 bits per heavy atom. The van der Waals surface area contributed by atoms with Crippen molar-refractivity contribution in [1.82, 2.24) is 5.32 Å². The van der Waals surface area contributed by atoms with E-state index in [1.807, 2.05) is 0 Å². The smallest absolute Gasteiger partial charge is 0.00966 e. The summed E-state index contributed by atoms with van der Waals surface area (Å²) >= 11 is 0. The molecule has 0 amide bonds. The maximum absolute atomic E-state index is 3.73. The molecule has 2 rings (SSSR count). The van der Waals surface area contributed by atoms with Crippen molar-refractivity contribution in [3.63, 3.8) is 0 Å². The molecule has 0 bridgehead atoms. The first-order chi connectivity index (χ1) is 9.76. The van der Waals surface area contributed by atoms with Crippen LogP contribution < -0.4 is 5.32 Å². The van der Waals surface area contributed by atoms with E-state index in [0.717, 1.165) is 24.3 Å². The summed E-state index contributed by atoms with van der Waals surface area (Å²) in [6.07, 6.45) is 4.10. The molecule has 1 aromatic rings. The predicted octanol–water partition coefficient (Wildman–Crippen LogP) is 5.21. The first-order valence-electron chi connectivity index (χ1n) is 8.58. The first kappa shape index (κ1) is 16.5. The zero-order chi connectivity index (χ0) is 15.6. The second kappa shape index (κ2) is 6.52. The molecular weight excluding hydrogens is 254 g/mol. The minimum atomic E-state index is 0.219. The molecule has 1 fully saturated rings. The van der Waals surface area contributed by atoms with E-state index in [9.17, 15) is 0 Å². The summed E-state index contributed by atoms with van der Waals surface area (Å²) in [6.45, 7) is 14.8. The molecule has 0 aromatic heterocycles. The van der Waals surface area contributed by atoms with Gasteiger partial charge in [-0.3, -0.25) is 0 Å². The highest BCUT2D eigenvalue weighted by molar-refractivity contribution is 5.32. The van der Waals surface area contributed by atoms with Crippen molar-refractivity contribution in [3.8, 4) is 0 Å². The molecule has 1 aromatic carbocycles. The molecular formula is C20H33N. The van der Waals surface area contributed by atoms with E-state index < -0.39 is 0 Å². The van der Waals surface area contributed by atoms with Crippen LogP contribution in [0, 0.1) is 25.7 Å². The summed E-state index contributed by atoms with van der Waals surface area (Å²) in [5, 5.41) is 3.73. The van der Waals surface area contributed by atoms with Crippen molar-refractivity contribution < 1.29 is 0 Å². The molecule has 3 atom stereocenters. The molecule has 3 unspecified atom stereocenters. The number of hydrogen-bond donors (Lipinski definition) is 1. The summed E-state index contributed by atoms with van der Waals surface area (Å²) in [5.41, 5.74) is 4.63. The van der Waals surface area contributed by atoms with Crippen molar-refractivity contribution in [3.05, 3.63) is 34.9 Å². The fraction of sp³-hybridized carbons (Fsp3) is 0.700. The Kier molecular flexibility index (Phi) is 5.14. The van der Waals surface area contributed by atoms with Gasteiger partial charge in [0.1, 0.15) is 0 Å². The zero-order valence-electron chi connectivity index (χ0n) is 14.8. The molecule has 1 N–H and O–H groups in total. The molecule has 1 aliphatic carbocycles. The number of rotatable bonds is 3. The van der Waals surface area contributed by atoms with Gasteiger partial charge in [-0.2, -0.15) is 0 Å². The first-order valence-corrected chi connectivity index (χ1v) is 8.58. The van der Waals surface area contributed by atoms with Gasteiger partial charge in [0, 0.05) is 5.54 Å². The maximum atomic E-state index is 3.73. The van der Waals surface area contributed by atoms with Gasteiger partial charge in [0.15, 0.2) is 0 Å². The van der Waals surface area contributed by atoms with Crippen LogP contribution in [-0.2, 0) is 0 Å². The SMILES string of the molecule is Cc1ccc(C2CC(C)CCC2CNC(C)(C)C)cc1C. The van der Waals surface area contributed by atoms with E-state index in [-0.39, 0.29) is 5.54 Å². The molecule has 1 saturated carbocycles. The Balaban J connectivity index is 2.16. The van der Waals surface area contributed by atoms with E-state index in [1.54, 1.807) is 5.56 Å². The highest BCUT2D eigenvalue weighted by Crippen LogP contribution is 2.40. The van der Waals surface area contributed by atoms with E-state index in [2.05, 4.69) is 65.1 Å². The lowest BCUT2D eigenvalue weighted by Gasteiger charge is -2.37. The Morgan fingerprint density at radius 3 is 2.43 bits per heavy atom. The topological polar surface area (TPSA) is 12.0 Å². The van der Waals surface area contributed by atoms with Gasteiger partial charge in [0.05, 0.1) is 0 Å². The minimum absolute atomic E-state index is 0.219. The second-order valence-electron chi connectivity index (χ2n) is 8.26. The monoisotopic (exact) mass is 287 g/mol. The van der Waals surface area contributed by atoms with Crippen molar-refractivity contribution in [2.45, 2.75) is 72.3 Å². The molecule has 0 saturated heterocycles. The number of hydrogen-bond acceptors (Lipinski definition) is 1. The average molecular weight is 287 g/mol. The summed E-state index contributed by atoms with van der Waals surface area (Å²) in [5.74, 6) is 2.37. The molecule has 1 nitrogen and oxygen atoms in total. The van der Waals surface area contributed by atoms with E-state index >= 15 is 0 Å². The van der Waals surface area contributed by atoms with Crippen molar-refractivity contribution in [1.29, 1.82) is 0 Å². The number of nitrogens with one attached hydrogen (secondary N) is 1. The number of benzene rings is 1. The van der Waals surface area contributed by atoms with Crippen LogP contribution in [0.4, 0.5) is 0 Å². The van der Waals surface area contributed by atoms with Gasteiger partial charge in [-0.1, -0.05) is 31.5 Å². The average Bonchev–Trinajstić information content (AvgIpc) is 2.39. The maximum Gasteiger partial charge on any atom is 0.00966 e. The van der Waals surface area contributed by atoms with Crippen LogP contribution in [0.1, 0.15) is 69.6 Å². The Morgan fingerprint density at radius 2 is 1.81 bits per heavy atom. The quantitative estimate of drug-likeness (QED) is 0.804. The van der Waals surface area contributed by atoms with E-state index in [0.29, 0.717) is 0 Å². The van der Waals surface area contributed by atoms with Gasteiger partial charge in [0.25, 0.3) is 0 Å². The van der Waals surface area contributed by atoms with Gasteiger partial charge in [-0.15, -0.1) is 0 Å². The molecule has 0 radical (unpaired) electrons. The van der Waals surface area contributed by atoms with Gasteiger partial charge in [-0.05, 0) is 88.4 Å². The molecule has 1 aliphatic rings. The number of aryl methyl sites for hydroxylation is 2. The Hall–Kier alpha value is -0.820. The molecule has 0 spiro atoms. The van der Waals surface area contributed by atoms with Crippen LogP contribution in [0.2, 0.25) is 0 Å². The van der Waals surface area contributed by atoms with Crippen LogP contribution in [0.15, 0.2) is 18.2 Å². The van der Waals surface area contributed by atoms with Gasteiger partial charge < -0.3 is 5.32 Å². The minimum Gasteiger partial charge on any atom is -0.312 e. The standard InChI is InChI=1S/C20H33N/c1-14-7-9-18(13-21-20(4,5)6)19(11-14)17-10-8-15(2)16(3)12-17/h8,10,12,14,18-19,21H,7,9,11,13H2,1-6H3. The molecule has 0 heterocycles. The lowest BCUT2D eigenvalue weighted by atomic mass is 9.71. The molecule has 0 aliphatic heterocycles. The van der Waals surface area contributed by atoms with Gasteiger partial charge >= 0.3 is 0 Å². The van der Waals surface area contributed by atoms with Crippen LogP contribution >= 0.6 is 0 Å². The lowest BCUT2D eigenvalue weighted by Crippen LogP contribution is -2.41. The predicted molar refractivity (Wildman–Crippen MR) is 92.9 cm³/mol. The van der Waals surface area contributed by atoms with Crippen LogP contribution in [0.25, 0.3) is 0 Å². The third-order valence-electron chi connectivity index (χ3n) is 5.11. The van der Waals surface area contributed by atoms with Crippen LogP contribution in [0.3, 0.4) is 0 Å². The van der Waals surface area contributed by atoms with Crippen LogP contribution in [0.5, 0.6) is 0 Å². The highest BCUT2D eigenvalue weighted by Gasteiger charge is 2.30. The summed E-state index contributed by atoms with van der Waals surface area (Å²) in [7, 11) is 0. The zero-order valence-corrected chi connectivity index (χ0v) is 14.8. The van der Waals surface area contributed by atoms with Crippen molar-refractivity contribution >= 4 is 0 Å². The Bertz CT molecular complexity index is 469. The summed E-state index contributed by atoms with van der Waals surface area (Å²) in [4.78, 5) is 0. The normalized spacial score (nSPS) is 26.9.